The maximum Gasteiger partial charge on any atom is 0.331 e. The van der Waals surface area contributed by atoms with Crippen LogP contribution < -0.4 is 4.90 Å². The molecule has 2 aliphatic heterocycles. The summed E-state index contributed by atoms with van der Waals surface area (Å²) in [4.78, 5) is 27.9. The fraction of sp³-hybridized carbons (Fsp3) is 0.438. The van der Waals surface area contributed by atoms with Crippen molar-refractivity contribution >= 4 is 45.1 Å². The number of halogens is 1. The van der Waals surface area contributed by atoms with Crippen LogP contribution in [-0.2, 0) is 14.8 Å². The summed E-state index contributed by atoms with van der Waals surface area (Å²) in [5, 5.41) is 6.88. The van der Waals surface area contributed by atoms with E-state index < -0.39 is 33.0 Å². The number of hydrogen-bond donors (Lipinski definition) is 1. The molecule has 1 N–H and O–H groups in total. The van der Waals surface area contributed by atoms with Crippen LogP contribution in [0, 0.1) is 5.41 Å². The summed E-state index contributed by atoms with van der Waals surface area (Å²) in [6.07, 6.45) is 0. The molecule has 2 saturated heterocycles. The fourth-order valence-corrected chi connectivity index (χ4v) is 5.28. The largest absolute Gasteiger partial charge is 0.368 e. The van der Waals surface area contributed by atoms with Gasteiger partial charge in [-0.05, 0) is 12.1 Å². The molecule has 27 heavy (non-hydrogen) atoms. The van der Waals surface area contributed by atoms with Gasteiger partial charge in [-0.15, -0.1) is 0 Å². The molecule has 1 atom stereocenters. The lowest BCUT2D eigenvalue weighted by Crippen LogP contribution is -2.64. The zero-order valence-electron chi connectivity index (χ0n) is 14.9. The van der Waals surface area contributed by atoms with Crippen molar-refractivity contribution in [3.05, 3.63) is 29.3 Å². The van der Waals surface area contributed by atoms with Crippen LogP contribution >= 0.6 is 11.6 Å². The summed E-state index contributed by atoms with van der Waals surface area (Å²) < 4.78 is 27.3. The molecule has 2 heterocycles. The highest BCUT2D eigenvalue weighted by Gasteiger charge is 2.50. The van der Waals surface area contributed by atoms with Gasteiger partial charge in [-0.25, -0.2) is 13.2 Å². The molecule has 3 rings (SSSR count). The first-order valence-corrected chi connectivity index (χ1v) is 10.2. The van der Waals surface area contributed by atoms with Gasteiger partial charge in [0.05, 0.1) is 10.7 Å². The van der Waals surface area contributed by atoms with E-state index in [9.17, 15) is 18.0 Å². The van der Waals surface area contributed by atoms with Crippen LogP contribution in [0.1, 0.15) is 0 Å². The number of carbonyl (C=O) groups excluding carboxylic acids is 2. The van der Waals surface area contributed by atoms with Crippen molar-refractivity contribution in [3.8, 4) is 0 Å². The van der Waals surface area contributed by atoms with Gasteiger partial charge in [0.15, 0.2) is 0 Å². The molecule has 9 nitrogen and oxygen atoms in total. The molecular formula is C16H20ClN5O4S. The third-order valence-corrected chi connectivity index (χ3v) is 7.25. The molecule has 0 spiro atoms. The Hall–Kier alpha value is -2.17. The number of nitrogens with zero attached hydrogens (tertiary/aromatic N) is 4. The van der Waals surface area contributed by atoms with Crippen LogP contribution in [0.4, 0.5) is 10.5 Å². The first-order valence-electron chi connectivity index (χ1n) is 8.28. The van der Waals surface area contributed by atoms with Gasteiger partial charge in [0.2, 0.25) is 15.3 Å². The van der Waals surface area contributed by atoms with Crippen LogP contribution in [0.25, 0.3) is 0 Å². The molecule has 1 unspecified atom stereocenters. The van der Waals surface area contributed by atoms with Gasteiger partial charge in [-0.2, -0.15) is 4.31 Å². The van der Waals surface area contributed by atoms with Crippen molar-refractivity contribution in [3.63, 3.8) is 0 Å². The molecule has 2 fully saturated rings. The summed E-state index contributed by atoms with van der Waals surface area (Å²) in [5.41, 5.74) is 0.822. The maximum atomic E-state index is 13.0. The predicted molar refractivity (Wildman–Crippen MR) is 102 cm³/mol. The van der Waals surface area contributed by atoms with E-state index in [1.807, 2.05) is 23.1 Å². The van der Waals surface area contributed by atoms with Crippen molar-refractivity contribution in [1.82, 2.24) is 14.1 Å². The highest BCUT2D eigenvalue weighted by molar-refractivity contribution is 7.91. The first-order chi connectivity index (χ1) is 12.7. The second-order valence-corrected chi connectivity index (χ2v) is 8.81. The molecule has 0 aliphatic carbocycles. The van der Waals surface area contributed by atoms with Crippen LogP contribution in [0.2, 0.25) is 5.02 Å². The number of anilines is 1. The van der Waals surface area contributed by atoms with Gasteiger partial charge in [-0.3, -0.25) is 20.0 Å². The highest BCUT2D eigenvalue weighted by Crippen LogP contribution is 2.27. The number of rotatable bonds is 3. The smallest absolute Gasteiger partial charge is 0.331 e. The number of piperazine rings is 1. The van der Waals surface area contributed by atoms with Crippen molar-refractivity contribution in [2.24, 2.45) is 0 Å². The minimum Gasteiger partial charge on any atom is -0.368 e. The third kappa shape index (κ3) is 3.28. The Morgan fingerprint density at radius 1 is 1.04 bits per heavy atom. The Bertz CT molecular complexity index is 874. The van der Waals surface area contributed by atoms with E-state index in [1.165, 1.54) is 18.4 Å². The zero-order chi connectivity index (χ0) is 19.9. The monoisotopic (exact) mass is 413 g/mol. The van der Waals surface area contributed by atoms with Crippen molar-refractivity contribution in [1.29, 1.82) is 5.41 Å². The Morgan fingerprint density at radius 2 is 1.63 bits per heavy atom. The third-order valence-electron chi connectivity index (χ3n) is 4.83. The summed E-state index contributed by atoms with van der Waals surface area (Å²) in [6, 6.07) is 6.59. The molecule has 0 bridgehead atoms. The predicted octanol–water partition coefficient (Wildman–Crippen LogP) is 0.661. The number of hydrogen-bond acceptors (Lipinski definition) is 6. The highest BCUT2D eigenvalue weighted by atomic mass is 35.5. The molecule has 0 aromatic heterocycles. The van der Waals surface area contributed by atoms with Gasteiger partial charge in [0.1, 0.15) is 5.84 Å². The molecule has 3 amide bonds. The minimum atomic E-state index is -4.12. The number of para-hydroxylation sites is 1. The summed E-state index contributed by atoms with van der Waals surface area (Å²) in [5.74, 6) is -1.44. The van der Waals surface area contributed by atoms with E-state index in [0.29, 0.717) is 18.1 Å². The Balaban J connectivity index is 1.79. The van der Waals surface area contributed by atoms with Gasteiger partial charge in [0.25, 0.3) is 5.91 Å². The fourth-order valence-electron chi connectivity index (χ4n) is 3.20. The lowest BCUT2D eigenvalue weighted by Gasteiger charge is -2.40. The van der Waals surface area contributed by atoms with Crippen LogP contribution in [-0.4, -0.2) is 85.8 Å². The standard InChI is InChI=1S/C16H20ClN5O4S/c1-19-14(18)13(15(23)20(2)16(19)24)27(25,26)22-9-7-21(8-10-22)12-6-4-3-5-11(12)17/h3-6,13,18H,7-10H2,1-2H3. The molecular weight excluding hydrogens is 394 g/mol. The SMILES string of the molecule is CN1C(=N)C(S(=O)(=O)N2CCN(c3ccccc3Cl)CC2)C(=O)N(C)C1=O. The lowest BCUT2D eigenvalue weighted by atomic mass is 10.2. The number of amides is 3. The summed E-state index contributed by atoms with van der Waals surface area (Å²) >= 11 is 6.20. The molecule has 146 valence electrons. The number of amidine groups is 1. The summed E-state index contributed by atoms with van der Waals surface area (Å²) in [6.45, 7) is 1.13. The molecule has 0 radical (unpaired) electrons. The van der Waals surface area contributed by atoms with E-state index in [1.54, 1.807) is 6.07 Å². The van der Waals surface area contributed by atoms with Crippen LogP contribution in [0.5, 0.6) is 0 Å². The van der Waals surface area contributed by atoms with Gasteiger partial charge in [-0.1, -0.05) is 23.7 Å². The first kappa shape index (κ1) is 19.6. The number of urea groups is 1. The second-order valence-electron chi connectivity index (χ2n) is 6.39. The van der Waals surface area contributed by atoms with Crippen molar-refractivity contribution < 1.29 is 18.0 Å². The van der Waals surface area contributed by atoms with E-state index >= 15 is 0 Å². The van der Waals surface area contributed by atoms with Gasteiger partial charge in [0, 0.05) is 40.3 Å². The molecule has 0 saturated carbocycles. The second kappa shape index (κ2) is 7.10. The topological polar surface area (TPSA) is 105 Å². The Labute approximate surface area is 162 Å². The number of nitrogens with one attached hydrogen (secondary N) is 1. The molecule has 11 heteroatoms. The number of carbonyl (C=O) groups is 2. The Morgan fingerprint density at radius 3 is 2.22 bits per heavy atom. The maximum absolute atomic E-state index is 13.0. The van der Waals surface area contributed by atoms with E-state index in [0.717, 1.165) is 15.5 Å². The van der Waals surface area contributed by atoms with Crippen LogP contribution in [0.3, 0.4) is 0 Å². The van der Waals surface area contributed by atoms with Gasteiger partial charge < -0.3 is 4.90 Å². The van der Waals surface area contributed by atoms with Crippen LogP contribution in [0.15, 0.2) is 24.3 Å². The average Bonchev–Trinajstić information content (AvgIpc) is 2.65. The van der Waals surface area contributed by atoms with Gasteiger partial charge >= 0.3 is 6.03 Å². The number of imide groups is 1. The number of sulfonamides is 1. The molecule has 1 aromatic carbocycles. The van der Waals surface area contributed by atoms with E-state index in [4.69, 9.17) is 17.0 Å². The van der Waals surface area contributed by atoms with E-state index in [-0.39, 0.29) is 13.1 Å². The molecule has 2 aliphatic rings. The molecule has 1 aromatic rings. The number of benzene rings is 1. The van der Waals surface area contributed by atoms with E-state index in [2.05, 4.69) is 0 Å². The lowest BCUT2D eigenvalue weighted by molar-refractivity contribution is -0.126. The Kier molecular flexibility index (Phi) is 5.15. The minimum absolute atomic E-state index is 0.159. The normalized spacial score (nSPS) is 22.6. The van der Waals surface area contributed by atoms with Crippen molar-refractivity contribution in [2.45, 2.75) is 5.25 Å². The summed E-state index contributed by atoms with van der Waals surface area (Å²) in [7, 11) is -1.63. The van der Waals surface area contributed by atoms with Crippen molar-refractivity contribution in [2.75, 3.05) is 45.2 Å². The zero-order valence-corrected chi connectivity index (χ0v) is 16.5. The quantitative estimate of drug-likeness (QED) is 0.783. The average molecular weight is 414 g/mol.